The summed E-state index contributed by atoms with van der Waals surface area (Å²) in [4.78, 5) is 7.17. The van der Waals surface area contributed by atoms with Crippen molar-refractivity contribution in [3.8, 4) is 0 Å². The molecule has 1 aromatic rings. The minimum Gasteiger partial charge on any atom is -0.368 e. The van der Waals surface area contributed by atoms with E-state index < -0.39 is 0 Å². The molecule has 1 aliphatic rings. The fourth-order valence-electron chi connectivity index (χ4n) is 2.12. The Kier molecular flexibility index (Phi) is 4.43. The third kappa shape index (κ3) is 3.44. The molecule has 1 fully saturated rings. The van der Waals surface area contributed by atoms with Crippen molar-refractivity contribution in [2.45, 2.75) is 45.3 Å². The Morgan fingerprint density at radius 2 is 2.32 bits per heavy atom. The van der Waals surface area contributed by atoms with Gasteiger partial charge in [-0.2, -0.15) is 0 Å². The van der Waals surface area contributed by atoms with Crippen molar-refractivity contribution in [3.05, 3.63) is 28.7 Å². The summed E-state index contributed by atoms with van der Waals surface area (Å²) in [5.74, 6) is 0. The van der Waals surface area contributed by atoms with Crippen molar-refractivity contribution < 1.29 is 4.74 Å². The molecule has 3 nitrogen and oxygen atoms in total. The second-order valence-corrected chi connectivity index (χ2v) is 7.04. The third-order valence-electron chi connectivity index (χ3n) is 3.58. The highest BCUT2D eigenvalue weighted by atomic mass is 32.1. The summed E-state index contributed by atoms with van der Waals surface area (Å²) in [5, 5.41) is 3.26. The van der Waals surface area contributed by atoms with Crippen LogP contribution in [0.4, 0.5) is 0 Å². The zero-order valence-electron chi connectivity index (χ0n) is 12.3. The van der Waals surface area contributed by atoms with Crippen LogP contribution >= 0.6 is 11.3 Å². The van der Waals surface area contributed by atoms with Crippen molar-refractivity contribution in [2.24, 2.45) is 0 Å². The van der Waals surface area contributed by atoms with Crippen LogP contribution in [0.2, 0.25) is 0 Å². The van der Waals surface area contributed by atoms with Crippen LogP contribution < -0.4 is 0 Å². The van der Waals surface area contributed by atoms with Crippen molar-refractivity contribution in [1.82, 2.24) is 9.88 Å². The van der Waals surface area contributed by atoms with E-state index in [1.807, 2.05) is 6.08 Å². The zero-order valence-corrected chi connectivity index (χ0v) is 13.2. The Hall–Kier alpha value is -0.710. The number of rotatable bonds is 3. The van der Waals surface area contributed by atoms with Crippen molar-refractivity contribution in [2.75, 3.05) is 19.7 Å². The van der Waals surface area contributed by atoms with Gasteiger partial charge in [-0.15, -0.1) is 17.9 Å². The monoisotopic (exact) mass is 280 g/mol. The highest BCUT2D eigenvalue weighted by Crippen LogP contribution is 2.30. The van der Waals surface area contributed by atoms with Crippen LogP contribution in [0.5, 0.6) is 0 Å². The van der Waals surface area contributed by atoms with Crippen molar-refractivity contribution in [1.29, 1.82) is 0 Å². The summed E-state index contributed by atoms with van der Waals surface area (Å²) in [6.07, 6.45) is 2.10. The van der Waals surface area contributed by atoms with E-state index in [1.165, 1.54) is 0 Å². The summed E-state index contributed by atoms with van der Waals surface area (Å²) < 4.78 is 5.89. The summed E-state index contributed by atoms with van der Waals surface area (Å²) in [6.45, 7) is 15.3. The van der Waals surface area contributed by atoms with E-state index in [0.29, 0.717) is 6.04 Å². The molecule has 1 aliphatic heterocycles. The van der Waals surface area contributed by atoms with Gasteiger partial charge in [-0.3, -0.25) is 4.90 Å². The molecule has 0 saturated carbocycles. The average Bonchev–Trinajstić information content (AvgIpc) is 2.87. The summed E-state index contributed by atoms with van der Waals surface area (Å²) in [7, 11) is 0. The largest absolute Gasteiger partial charge is 0.368 e. The predicted molar refractivity (Wildman–Crippen MR) is 80.7 cm³/mol. The Morgan fingerprint density at radius 3 is 2.89 bits per heavy atom. The molecule has 0 aliphatic carbocycles. The molecule has 1 saturated heterocycles. The summed E-state index contributed by atoms with van der Waals surface area (Å²) in [6, 6.07) is 0.397. The maximum atomic E-state index is 5.89. The van der Waals surface area contributed by atoms with Gasteiger partial charge < -0.3 is 4.74 Å². The molecule has 2 atom stereocenters. The van der Waals surface area contributed by atoms with Gasteiger partial charge >= 0.3 is 0 Å². The Bertz CT molecular complexity index is 436. The number of thiazole rings is 1. The van der Waals surface area contributed by atoms with Crippen LogP contribution in [0.3, 0.4) is 0 Å². The van der Waals surface area contributed by atoms with E-state index in [9.17, 15) is 0 Å². The van der Waals surface area contributed by atoms with E-state index in [-0.39, 0.29) is 11.5 Å². The fourth-order valence-corrected chi connectivity index (χ4v) is 3.20. The molecule has 4 heteroatoms. The predicted octanol–water partition coefficient (Wildman–Crippen LogP) is 3.39. The number of nitrogens with zero attached hydrogens (tertiary/aromatic N) is 2. The Labute approximate surface area is 120 Å². The molecule has 0 unspecified atom stereocenters. The molecule has 0 N–H and O–H groups in total. The quantitative estimate of drug-likeness (QED) is 0.794. The van der Waals surface area contributed by atoms with Crippen LogP contribution in [-0.2, 0) is 10.2 Å². The second-order valence-electron chi connectivity index (χ2n) is 6.15. The van der Waals surface area contributed by atoms with Crippen LogP contribution in [0.15, 0.2) is 18.0 Å². The average molecular weight is 280 g/mol. The minimum absolute atomic E-state index is 0.109. The number of aromatic nitrogens is 1. The molecule has 0 radical (unpaired) electrons. The number of hydrogen-bond acceptors (Lipinski definition) is 4. The zero-order chi connectivity index (χ0) is 14.0. The highest BCUT2D eigenvalue weighted by Gasteiger charge is 2.27. The molecule has 106 valence electrons. The molecule has 0 bridgehead atoms. The van der Waals surface area contributed by atoms with Crippen molar-refractivity contribution in [3.63, 3.8) is 0 Å². The number of hydrogen-bond donors (Lipinski definition) is 0. The lowest BCUT2D eigenvalue weighted by atomic mass is 9.93. The van der Waals surface area contributed by atoms with Gasteiger partial charge in [0.1, 0.15) is 11.1 Å². The smallest absolute Gasteiger partial charge is 0.123 e. The molecule has 2 rings (SSSR count). The molecular weight excluding hydrogens is 256 g/mol. The first-order chi connectivity index (χ1) is 8.91. The minimum atomic E-state index is 0.109. The van der Waals surface area contributed by atoms with E-state index >= 15 is 0 Å². The SMILES string of the molecule is C=C[C@@H](C)N1CCO[C@H](c2nc(C(C)(C)C)cs2)C1. The first kappa shape index (κ1) is 14.7. The van der Waals surface area contributed by atoms with Gasteiger partial charge in [-0.1, -0.05) is 26.8 Å². The van der Waals surface area contributed by atoms with E-state index in [1.54, 1.807) is 11.3 Å². The van der Waals surface area contributed by atoms with E-state index in [0.717, 1.165) is 30.4 Å². The van der Waals surface area contributed by atoms with Gasteiger partial charge in [0.25, 0.3) is 0 Å². The lowest BCUT2D eigenvalue weighted by molar-refractivity contribution is -0.0368. The van der Waals surface area contributed by atoms with Crippen LogP contribution in [-0.4, -0.2) is 35.6 Å². The van der Waals surface area contributed by atoms with Gasteiger partial charge in [-0.05, 0) is 6.92 Å². The highest BCUT2D eigenvalue weighted by molar-refractivity contribution is 7.09. The normalized spacial score (nSPS) is 23.3. The second kappa shape index (κ2) is 5.73. The maximum absolute atomic E-state index is 5.89. The van der Waals surface area contributed by atoms with Crippen LogP contribution in [0, 0.1) is 0 Å². The molecule has 0 spiro atoms. The first-order valence-corrected chi connectivity index (χ1v) is 7.74. The Morgan fingerprint density at radius 1 is 1.58 bits per heavy atom. The van der Waals surface area contributed by atoms with Crippen LogP contribution in [0.1, 0.15) is 44.5 Å². The molecule has 19 heavy (non-hydrogen) atoms. The van der Waals surface area contributed by atoms with Gasteiger partial charge in [0.05, 0.1) is 12.3 Å². The maximum Gasteiger partial charge on any atom is 0.123 e. The number of ether oxygens (including phenoxy) is 1. The van der Waals surface area contributed by atoms with Gasteiger partial charge in [0, 0.05) is 29.9 Å². The van der Waals surface area contributed by atoms with E-state index in [4.69, 9.17) is 9.72 Å². The van der Waals surface area contributed by atoms with Gasteiger partial charge in [0.2, 0.25) is 0 Å². The van der Waals surface area contributed by atoms with Crippen molar-refractivity contribution >= 4 is 11.3 Å². The lowest BCUT2D eigenvalue weighted by Crippen LogP contribution is -2.42. The molecule has 0 amide bonds. The fraction of sp³-hybridized carbons (Fsp3) is 0.667. The Balaban J connectivity index is 2.09. The first-order valence-electron chi connectivity index (χ1n) is 6.86. The van der Waals surface area contributed by atoms with E-state index in [2.05, 4.69) is 44.6 Å². The topological polar surface area (TPSA) is 25.4 Å². The van der Waals surface area contributed by atoms with Gasteiger partial charge in [0.15, 0.2) is 0 Å². The lowest BCUT2D eigenvalue weighted by Gasteiger charge is -2.34. The molecular formula is C15H24N2OS. The number of morpholine rings is 1. The van der Waals surface area contributed by atoms with Gasteiger partial charge in [-0.25, -0.2) is 4.98 Å². The third-order valence-corrected chi connectivity index (χ3v) is 4.52. The van der Waals surface area contributed by atoms with Crippen LogP contribution in [0.25, 0.3) is 0 Å². The molecule has 0 aromatic carbocycles. The summed E-state index contributed by atoms with van der Waals surface area (Å²) in [5.41, 5.74) is 1.27. The molecule has 2 heterocycles. The standard InChI is InChI=1S/C15H24N2OS/c1-6-11(2)17-7-8-18-12(9-17)14-16-13(10-19-14)15(3,4)5/h6,10-12H,1,7-9H2,2-5H3/t11-,12+/m1/s1. The molecule has 1 aromatic heterocycles. The summed E-state index contributed by atoms with van der Waals surface area (Å²) >= 11 is 1.72.